The molecule has 2 saturated heterocycles. The van der Waals surface area contributed by atoms with Crippen LogP contribution in [0, 0.1) is 0 Å². The summed E-state index contributed by atoms with van der Waals surface area (Å²) in [7, 11) is -3.34. The van der Waals surface area contributed by atoms with Gasteiger partial charge in [0, 0.05) is 11.7 Å². The minimum absolute atomic E-state index is 0.118. The largest absolute Gasteiger partial charge is 0.418 e. The van der Waals surface area contributed by atoms with E-state index in [1.165, 1.54) is 23.1 Å². The van der Waals surface area contributed by atoms with Crippen LogP contribution in [0.2, 0.25) is 0 Å². The molecule has 2 fully saturated rings. The zero-order valence-electron chi connectivity index (χ0n) is 13.2. The van der Waals surface area contributed by atoms with Crippen molar-refractivity contribution in [3.63, 3.8) is 0 Å². The second-order valence-corrected chi connectivity index (χ2v) is 9.19. The molecule has 0 bridgehead atoms. The number of amidine groups is 1. The Labute approximate surface area is 147 Å². The van der Waals surface area contributed by atoms with Crippen LogP contribution in [0.15, 0.2) is 29.3 Å². The molecule has 25 heavy (non-hydrogen) atoms. The highest BCUT2D eigenvalue weighted by atomic mass is 32.2. The van der Waals surface area contributed by atoms with Crippen LogP contribution in [0.1, 0.15) is 18.9 Å². The van der Waals surface area contributed by atoms with Crippen LogP contribution in [0.4, 0.5) is 18.9 Å². The van der Waals surface area contributed by atoms with E-state index in [4.69, 9.17) is 0 Å². The first-order valence-electron chi connectivity index (χ1n) is 7.56. The molecule has 0 radical (unpaired) electrons. The lowest BCUT2D eigenvalue weighted by atomic mass is 10.1. The fraction of sp³-hybridized carbons (Fsp3) is 0.467. The third-order valence-corrected chi connectivity index (χ3v) is 7.27. The summed E-state index contributed by atoms with van der Waals surface area (Å²) in [6, 6.07) is 4.28. The molecule has 10 heteroatoms. The molecule has 2 atom stereocenters. The van der Waals surface area contributed by atoms with Crippen molar-refractivity contribution >= 4 is 38.4 Å². The summed E-state index contributed by atoms with van der Waals surface area (Å²) in [5, 5.41) is -0.303. The van der Waals surface area contributed by atoms with Crippen molar-refractivity contribution in [2.75, 3.05) is 16.4 Å². The number of halogens is 3. The molecule has 5 nitrogen and oxygen atoms in total. The van der Waals surface area contributed by atoms with Gasteiger partial charge >= 0.3 is 6.18 Å². The van der Waals surface area contributed by atoms with Crippen molar-refractivity contribution < 1.29 is 26.4 Å². The van der Waals surface area contributed by atoms with Gasteiger partial charge in [-0.3, -0.25) is 4.79 Å². The monoisotopic (exact) mass is 392 g/mol. The number of rotatable bonds is 2. The highest BCUT2D eigenvalue weighted by molar-refractivity contribution is 8.16. The third-order valence-electron chi connectivity index (χ3n) is 4.06. The molecule has 2 aliphatic heterocycles. The van der Waals surface area contributed by atoms with Crippen LogP contribution in [-0.4, -0.2) is 42.3 Å². The standard InChI is InChI=1S/C15H15F3N2O3S2/c1-2-13(21)19-14-20(11-7-25(22,23)8-12(11)24-14)10-6-4-3-5-9(10)15(16,17)18/h3-6,11-12H,2,7-8H2,1H3. The second kappa shape index (κ2) is 6.31. The number of carbonyl (C=O) groups is 1. The number of para-hydroxylation sites is 1. The number of hydrogen-bond acceptors (Lipinski definition) is 4. The number of carbonyl (C=O) groups excluding carboxylic acids is 1. The number of amides is 1. The van der Waals surface area contributed by atoms with Crippen molar-refractivity contribution in [2.45, 2.75) is 30.8 Å². The Bertz CT molecular complexity index is 837. The Kier molecular flexibility index (Phi) is 4.61. The number of hydrogen-bond donors (Lipinski definition) is 0. The molecular weight excluding hydrogens is 377 g/mol. The smallest absolute Gasteiger partial charge is 0.315 e. The fourth-order valence-corrected chi connectivity index (χ4v) is 6.88. The molecular formula is C15H15F3N2O3S2. The zero-order valence-corrected chi connectivity index (χ0v) is 14.8. The van der Waals surface area contributed by atoms with Gasteiger partial charge in [0.1, 0.15) is 0 Å². The van der Waals surface area contributed by atoms with E-state index < -0.39 is 38.8 Å². The van der Waals surface area contributed by atoms with Crippen molar-refractivity contribution in [3.8, 4) is 0 Å². The first-order chi connectivity index (χ1) is 11.6. The van der Waals surface area contributed by atoms with Gasteiger partial charge in [0.05, 0.1) is 28.8 Å². The van der Waals surface area contributed by atoms with Crippen LogP contribution >= 0.6 is 11.8 Å². The van der Waals surface area contributed by atoms with E-state index in [0.29, 0.717) is 0 Å². The SMILES string of the molecule is CCC(=O)N=C1SC2CS(=O)(=O)CC2N1c1ccccc1C(F)(F)F. The van der Waals surface area contributed by atoms with Gasteiger partial charge in [0.2, 0.25) is 5.91 Å². The van der Waals surface area contributed by atoms with Crippen molar-refractivity contribution in [3.05, 3.63) is 29.8 Å². The van der Waals surface area contributed by atoms with E-state index in [1.54, 1.807) is 6.92 Å². The fourth-order valence-electron chi connectivity index (χ4n) is 2.96. The van der Waals surface area contributed by atoms with Gasteiger partial charge in [0.15, 0.2) is 15.0 Å². The molecule has 0 saturated carbocycles. The maximum atomic E-state index is 13.4. The Morgan fingerprint density at radius 1 is 1.32 bits per heavy atom. The number of sulfone groups is 1. The number of benzene rings is 1. The Morgan fingerprint density at radius 2 is 2.00 bits per heavy atom. The predicted octanol–water partition coefficient (Wildman–Crippen LogP) is 2.72. The quantitative estimate of drug-likeness (QED) is 0.774. The normalized spacial score (nSPS) is 26.9. The first-order valence-corrected chi connectivity index (χ1v) is 10.3. The number of nitrogens with zero attached hydrogens (tertiary/aromatic N) is 2. The summed E-state index contributed by atoms with van der Waals surface area (Å²) in [4.78, 5) is 16.9. The molecule has 3 rings (SSSR count). The summed E-state index contributed by atoms with van der Waals surface area (Å²) < 4.78 is 64.0. The summed E-state index contributed by atoms with van der Waals surface area (Å²) in [5.74, 6) is -0.845. The summed E-state index contributed by atoms with van der Waals surface area (Å²) in [5.41, 5.74) is -1.05. The van der Waals surface area contributed by atoms with Crippen molar-refractivity contribution in [2.24, 2.45) is 4.99 Å². The van der Waals surface area contributed by atoms with Gasteiger partial charge in [-0.25, -0.2) is 8.42 Å². The molecule has 2 heterocycles. The topological polar surface area (TPSA) is 66.8 Å². The average molecular weight is 392 g/mol. The summed E-state index contributed by atoms with van der Waals surface area (Å²) in [6.07, 6.45) is -4.48. The average Bonchev–Trinajstić information content (AvgIpc) is 2.97. The number of thioether (sulfide) groups is 1. The van der Waals surface area contributed by atoms with Crippen LogP contribution in [-0.2, 0) is 20.8 Å². The van der Waals surface area contributed by atoms with E-state index in [-0.39, 0.29) is 28.8 Å². The van der Waals surface area contributed by atoms with E-state index >= 15 is 0 Å². The molecule has 136 valence electrons. The van der Waals surface area contributed by atoms with Gasteiger partial charge in [-0.15, -0.1) is 0 Å². The van der Waals surface area contributed by atoms with Gasteiger partial charge in [0.25, 0.3) is 0 Å². The molecule has 1 aromatic carbocycles. The van der Waals surface area contributed by atoms with Crippen molar-refractivity contribution in [1.82, 2.24) is 0 Å². The lowest BCUT2D eigenvalue weighted by Crippen LogP contribution is -2.39. The van der Waals surface area contributed by atoms with Crippen molar-refractivity contribution in [1.29, 1.82) is 0 Å². The second-order valence-electron chi connectivity index (χ2n) is 5.83. The van der Waals surface area contributed by atoms with E-state index in [1.807, 2.05) is 0 Å². The highest BCUT2D eigenvalue weighted by Gasteiger charge is 2.51. The van der Waals surface area contributed by atoms with E-state index in [2.05, 4.69) is 4.99 Å². The maximum absolute atomic E-state index is 13.4. The lowest BCUT2D eigenvalue weighted by Gasteiger charge is -2.27. The van der Waals surface area contributed by atoms with Gasteiger partial charge in [-0.2, -0.15) is 18.2 Å². The van der Waals surface area contributed by atoms with E-state index in [0.717, 1.165) is 17.8 Å². The van der Waals surface area contributed by atoms with Crippen LogP contribution in [0.3, 0.4) is 0 Å². The Hall–Kier alpha value is -1.55. The molecule has 0 aliphatic carbocycles. The Balaban J connectivity index is 2.12. The third kappa shape index (κ3) is 3.55. The molecule has 0 spiro atoms. The summed E-state index contributed by atoms with van der Waals surface area (Å²) in [6.45, 7) is 1.60. The molecule has 0 aromatic heterocycles. The Morgan fingerprint density at radius 3 is 2.64 bits per heavy atom. The predicted molar refractivity (Wildman–Crippen MR) is 90.5 cm³/mol. The molecule has 2 aliphatic rings. The van der Waals surface area contributed by atoms with Gasteiger partial charge < -0.3 is 4.90 Å². The van der Waals surface area contributed by atoms with Crippen LogP contribution in [0.5, 0.6) is 0 Å². The van der Waals surface area contributed by atoms with Gasteiger partial charge in [-0.1, -0.05) is 30.8 Å². The number of aliphatic imine (C=N–C) groups is 1. The maximum Gasteiger partial charge on any atom is 0.418 e. The minimum Gasteiger partial charge on any atom is -0.315 e. The molecule has 2 unspecified atom stereocenters. The number of anilines is 1. The molecule has 1 amide bonds. The summed E-state index contributed by atoms with van der Waals surface area (Å²) >= 11 is 1.06. The van der Waals surface area contributed by atoms with E-state index in [9.17, 15) is 26.4 Å². The highest BCUT2D eigenvalue weighted by Crippen LogP contribution is 2.45. The zero-order chi connectivity index (χ0) is 18.4. The molecule has 0 N–H and O–H groups in total. The molecule has 1 aromatic rings. The number of fused-ring (bicyclic) bond motifs is 1. The van der Waals surface area contributed by atoms with Crippen LogP contribution < -0.4 is 4.90 Å². The first kappa shape index (κ1) is 18.2. The lowest BCUT2D eigenvalue weighted by molar-refractivity contribution is -0.137. The number of alkyl halides is 3. The minimum atomic E-state index is -4.60. The van der Waals surface area contributed by atoms with Gasteiger partial charge in [-0.05, 0) is 12.1 Å². The van der Waals surface area contributed by atoms with Crippen LogP contribution in [0.25, 0.3) is 0 Å².